The molecule has 22 heavy (non-hydrogen) atoms. The highest BCUT2D eigenvalue weighted by atomic mass is 35.5. The average molecular weight is 351 g/mol. The van der Waals surface area contributed by atoms with Crippen molar-refractivity contribution < 1.29 is 13.2 Å². The van der Waals surface area contributed by atoms with E-state index in [1.807, 2.05) is 6.92 Å². The molecule has 1 fully saturated rings. The maximum absolute atomic E-state index is 12.7. The van der Waals surface area contributed by atoms with Crippen LogP contribution in [0.25, 0.3) is 0 Å². The Kier molecular flexibility index (Phi) is 6.03. The van der Waals surface area contributed by atoms with Gasteiger partial charge in [-0.3, -0.25) is 4.79 Å². The van der Waals surface area contributed by atoms with Crippen molar-refractivity contribution in [2.24, 2.45) is 7.05 Å². The van der Waals surface area contributed by atoms with Gasteiger partial charge in [-0.25, -0.2) is 8.42 Å². The number of aryl methyl sites for hydroxylation is 1. The number of carbonyl (C=O) groups is 1. The Hall–Kier alpha value is -1.09. The first-order valence-corrected chi connectivity index (χ1v) is 8.29. The van der Waals surface area contributed by atoms with Gasteiger partial charge in [0.25, 0.3) is 5.91 Å². The Bertz CT molecular complexity index is 642. The van der Waals surface area contributed by atoms with E-state index >= 15 is 0 Å². The van der Waals surface area contributed by atoms with Crippen LogP contribution >= 0.6 is 12.4 Å². The third-order valence-electron chi connectivity index (χ3n) is 3.65. The monoisotopic (exact) mass is 350 g/mol. The van der Waals surface area contributed by atoms with Gasteiger partial charge in [0, 0.05) is 53.0 Å². The predicted molar refractivity (Wildman–Crippen MR) is 86.9 cm³/mol. The molecule has 1 aliphatic heterocycles. The lowest BCUT2D eigenvalue weighted by molar-refractivity contribution is 0.0818. The molecule has 1 unspecified atom stereocenters. The smallest absolute Gasteiger partial charge is 0.269 e. The molecule has 1 aliphatic rings. The van der Waals surface area contributed by atoms with Gasteiger partial charge in [0.05, 0.1) is 0 Å². The zero-order chi connectivity index (χ0) is 15.8. The number of rotatable bonds is 3. The number of aromatic nitrogens is 1. The van der Waals surface area contributed by atoms with Crippen LogP contribution < -0.4 is 5.32 Å². The fourth-order valence-corrected chi connectivity index (χ4v) is 4.13. The highest BCUT2D eigenvalue weighted by molar-refractivity contribution is 7.89. The summed E-state index contributed by atoms with van der Waals surface area (Å²) in [5.41, 5.74) is 0.362. The molecule has 0 radical (unpaired) electrons. The zero-order valence-electron chi connectivity index (χ0n) is 13.2. The first-order valence-electron chi connectivity index (χ1n) is 6.85. The predicted octanol–water partition coefficient (Wildman–Crippen LogP) is 0.131. The van der Waals surface area contributed by atoms with Gasteiger partial charge in [0.15, 0.2) is 0 Å². The first-order chi connectivity index (χ1) is 9.75. The van der Waals surface area contributed by atoms with Crippen molar-refractivity contribution in [2.75, 3.05) is 33.7 Å². The van der Waals surface area contributed by atoms with Crippen LogP contribution in [0.15, 0.2) is 17.2 Å². The van der Waals surface area contributed by atoms with E-state index in [1.165, 1.54) is 21.5 Å². The minimum absolute atomic E-state index is 0. The van der Waals surface area contributed by atoms with Crippen molar-refractivity contribution in [3.05, 3.63) is 18.0 Å². The molecule has 2 heterocycles. The minimum Gasteiger partial charge on any atom is -0.345 e. The molecule has 2 rings (SSSR count). The summed E-state index contributed by atoms with van der Waals surface area (Å²) in [4.78, 5) is 13.6. The maximum Gasteiger partial charge on any atom is 0.269 e. The standard InChI is InChI=1S/C13H22N4O3S.ClH/c1-10-8-14-5-6-17(10)21(19,20)11-7-12(16(4)9-11)13(18)15(2)3;/h7,9-10,14H,5-6,8H2,1-4H3;1H. The summed E-state index contributed by atoms with van der Waals surface area (Å²) in [5.74, 6) is -0.215. The third-order valence-corrected chi connectivity index (χ3v) is 5.63. The summed E-state index contributed by atoms with van der Waals surface area (Å²) < 4.78 is 28.5. The maximum atomic E-state index is 12.7. The van der Waals surface area contributed by atoms with E-state index in [0.717, 1.165) is 0 Å². The van der Waals surface area contributed by atoms with Crippen molar-refractivity contribution in [1.82, 2.24) is 19.1 Å². The van der Waals surface area contributed by atoms with Crippen molar-refractivity contribution in [3.8, 4) is 0 Å². The number of nitrogens with zero attached hydrogens (tertiary/aromatic N) is 3. The quantitative estimate of drug-likeness (QED) is 0.841. The average Bonchev–Trinajstić information content (AvgIpc) is 2.80. The number of amides is 1. The molecule has 0 bridgehead atoms. The van der Waals surface area contributed by atoms with Gasteiger partial charge in [-0.05, 0) is 13.0 Å². The van der Waals surface area contributed by atoms with E-state index in [1.54, 1.807) is 25.7 Å². The molecular weight excluding hydrogens is 328 g/mol. The number of piperazine rings is 1. The topological polar surface area (TPSA) is 74.7 Å². The Balaban J connectivity index is 0.00000242. The number of hydrogen-bond donors (Lipinski definition) is 1. The summed E-state index contributed by atoms with van der Waals surface area (Å²) >= 11 is 0. The van der Waals surface area contributed by atoms with E-state index in [0.29, 0.717) is 25.3 Å². The molecule has 0 aromatic carbocycles. The van der Waals surface area contributed by atoms with Gasteiger partial charge in [-0.1, -0.05) is 0 Å². The highest BCUT2D eigenvalue weighted by Crippen LogP contribution is 2.21. The second-order valence-electron chi connectivity index (χ2n) is 5.54. The minimum atomic E-state index is -3.57. The molecule has 0 saturated carbocycles. The van der Waals surface area contributed by atoms with Gasteiger partial charge in [0.1, 0.15) is 10.6 Å². The van der Waals surface area contributed by atoms with Crippen LogP contribution in [-0.2, 0) is 17.1 Å². The van der Waals surface area contributed by atoms with E-state index in [4.69, 9.17) is 0 Å². The lowest BCUT2D eigenvalue weighted by Crippen LogP contribution is -2.52. The van der Waals surface area contributed by atoms with Gasteiger partial charge in [-0.2, -0.15) is 4.31 Å². The summed E-state index contributed by atoms with van der Waals surface area (Å²) in [6, 6.07) is 1.35. The summed E-state index contributed by atoms with van der Waals surface area (Å²) in [6.45, 7) is 3.59. The van der Waals surface area contributed by atoms with E-state index in [2.05, 4.69) is 5.32 Å². The van der Waals surface area contributed by atoms with Gasteiger partial charge >= 0.3 is 0 Å². The molecule has 0 spiro atoms. The SMILES string of the molecule is CC1CNCCN1S(=O)(=O)c1cc(C(=O)N(C)C)n(C)c1.Cl. The molecule has 1 aromatic heterocycles. The molecule has 9 heteroatoms. The Morgan fingerprint density at radius 1 is 1.41 bits per heavy atom. The van der Waals surface area contributed by atoms with E-state index < -0.39 is 10.0 Å². The lowest BCUT2D eigenvalue weighted by atomic mass is 10.3. The van der Waals surface area contributed by atoms with Crippen molar-refractivity contribution in [2.45, 2.75) is 17.9 Å². The van der Waals surface area contributed by atoms with Crippen LogP contribution in [0.5, 0.6) is 0 Å². The Morgan fingerprint density at radius 3 is 2.59 bits per heavy atom. The summed E-state index contributed by atoms with van der Waals surface area (Å²) in [5, 5.41) is 3.17. The Labute approximate surface area is 137 Å². The van der Waals surface area contributed by atoms with Crippen LogP contribution in [0.4, 0.5) is 0 Å². The Morgan fingerprint density at radius 2 is 2.05 bits per heavy atom. The largest absolute Gasteiger partial charge is 0.345 e. The van der Waals surface area contributed by atoms with Gasteiger partial charge in [0.2, 0.25) is 10.0 Å². The molecule has 1 atom stereocenters. The van der Waals surface area contributed by atoms with Crippen LogP contribution in [0, 0.1) is 0 Å². The normalized spacial score (nSPS) is 19.5. The van der Waals surface area contributed by atoms with Crippen LogP contribution in [0.3, 0.4) is 0 Å². The fraction of sp³-hybridized carbons (Fsp3) is 0.615. The summed E-state index contributed by atoms with van der Waals surface area (Å²) in [7, 11) is 1.39. The molecule has 1 amide bonds. The number of nitrogens with one attached hydrogen (secondary N) is 1. The highest BCUT2D eigenvalue weighted by Gasteiger charge is 2.32. The van der Waals surface area contributed by atoms with Gasteiger partial charge < -0.3 is 14.8 Å². The molecule has 7 nitrogen and oxygen atoms in total. The van der Waals surface area contributed by atoms with Crippen molar-refractivity contribution >= 4 is 28.3 Å². The molecular formula is C13H23ClN4O3S. The fourth-order valence-electron chi connectivity index (χ4n) is 2.43. The lowest BCUT2D eigenvalue weighted by Gasteiger charge is -2.32. The third kappa shape index (κ3) is 3.45. The number of halogens is 1. The molecule has 0 aliphatic carbocycles. The van der Waals surface area contributed by atoms with E-state index in [-0.39, 0.29) is 29.3 Å². The molecule has 126 valence electrons. The summed E-state index contributed by atoms with van der Waals surface area (Å²) in [6.07, 6.45) is 1.50. The van der Waals surface area contributed by atoms with Gasteiger partial charge in [-0.15, -0.1) is 12.4 Å². The van der Waals surface area contributed by atoms with Crippen LogP contribution in [0.2, 0.25) is 0 Å². The second-order valence-corrected chi connectivity index (χ2v) is 7.43. The molecule has 1 saturated heterocycles. The first kappa shape index (κ1) is 19.0. The molecule has 1 aromatic rings. The number of sulfonamides is 1. The number of carbonyl (C=O) groups excluding carboxylic acids is 1. The number of hydrogen-bond acceptors (Lipinski definition) is 4. The van der Waals surface area contributed by atoms with Crippen molar-refractivity contribution in [3.63, 3.8) is 0 Å². The second kappa shape index (κ2) is 6.99. The van der Waals surface area contributed by atoms with Crippen LogP contribution in [0.1, 0.15) is 17.4 Å². The molecule has 1 N–H and O–H groups in total. The van der Waals surface area contributed by atoms with Crippen molar-refractivity contribution in [1.29, 1.82) is 0 Å². The zero-order valence-corrected chi connectivity index (χ0v) is 14.9. The van der Waals surface area contributed by atoms with E-state index in [9.17, 15) is 13.2 Å². The van der Waals surface area contributed by atoms with Crippen LogP contribution in [-0.4, -0.2) is 67.9 Å².